The van der Waals surface area contributed by atoms with Crippen LogP contribution in [0, 0.1) is 19.8 Å². The molecule has 1 aliphatic heterocycles. The van der Waals surface area contributed by atoms with Gasteiger partial charge in [-0.05, 0) is 39.2 Å². The molecule has 1 fully saturated rings. The Morgan fingerprint density at radius 3 is 2.75 bits per heavy atom. The average Bonchev–Trinajstić information content (AvgIpc) is 2.77. The molecule has 6 nitrogen and oxygen atoms in total. The Hall–Kier alpha value is -0.920. The van der Waals surface area contributed by atoms with Gasteiger partial charge < -0.3 is 5.32 Å². The second kappa shape index (κ2) is 6.24. The first-order valence-corrected chi connectivity index (χ1v) is 8.68. The van der Waals surface area contributed by atoms with Crippen molar-refractivity contribution < 1.29 is 8.42 Å². The summed E-state index contributed by atoms with van der Waals surface area (Å²) in [5, 5.41) is 10.1. The fourth-order valence-electron chi connectivity index (χ4n) is 2.96. The molecule has 0 saturated carbocycles. The van der Waals surface area contributed by atoms with E-state index in [1.165, 1.54) is 12.8 Å². The van der Waals surface area contributed by atoms with E-state index in [1.807, 2.05) is 0 Å². The van der Waals surface area contributed by atoms with E-state index in [1.54, 1.807) is 13.8 Å². The summed E-state index contributed by atoms with van der Waals surface area (Å²) in [4.78, 5) is 0.279. The summed E-state index contributed by atoms with van der Waals surface area (Å²) in [7, 11) is -3.49. The van der Waals surface area contributed by atoms with Crippen molar-refractivity contribution >= 4 is 10.0 Å². The highest BCUT2D eigenvalue weighted by molar-refractivity contribution is 7.89. The molecule has 20 heavy (non-hydrogen) atoms. The van der Waals surface area contributed by atoms with E-state index in [-0.39, 0.29) is 10.9 Å². The first-order chi connectivity index (χ1) is 9.45. The second-order valence-electron chi connectivity index (χ2n) is 5.49. The minimum Gasteiger partial charge on any atom is -0.312 e. The van der Waals surface area contributed by atoms with Crippen LogP contribution in [0.25, 0.3) is 0 Å². The normalized spacial score (nSPS) is 23.9. The number of hydrogen-bond acceptors (Lipinski definition) is 4. The fourth-order valence-corrected chi connectivity index (χ4v) is 4.38. The molecule has 1 aromatic heterocycles. The van der Waals surface area contributed by atoms with Crippen molar-refractivity contribution in [2.45, 2.75) is 51.0 Å². The lowest BCUT2D eigenvalue weighted by Crippen LogP contribution is -2.48. The number of nitrogens with one attached hydrogen (secondary N) is 3. The topological polar surface area (TPSA) is 86.9 Å². The van der Waals surface area contributed by atoms with Crippen LogP contribution >= 0.6 is 0 Å². The van der Waals surface area contributed by atoms with Gasteiger partial charge in [-0.1, -0.05) is 13.3 Å². The zero-order chi connectivity index (χ0) is 14.8. The van der Waals surface area contributed by atoms with Gasteiger partial charge in [-0.2, -0.15) is 5.10 Å². The number of H-pyrrole nitrogens is 1. The molecule has 2 unspecified atom stereocenters. The molecule has 0 aliphatic carbocycles. The third kappa shape index (κ3) is 3.21. The van der Waals surface area contributed by atoms with Crippen molar-refractivity contribution in [3.05, 3.63) is 11.4 Å². The first kappa shape index (κ1) is 15.5. The summed E-state index contributed by atoms with van der Waals surface area (Å²) in [6.45, 7) is 6.98. The molecule has 1 saturated heterocycles. The maximum Gasteiger partial charge on any atom is 0.244 e. The molecule has 2 heterocycles. The van der Waals surface area contributed by atoms with Crippen LogP contribution < -0.4 is 10.0 Å². The van der Waals surface area contributed by atoms with Crippen LogP contribution in [0.1, 0.15) is 37.6 Å². The zero-order valence-electron chi connectivity index (χ0n) is 12.4. The number of nitrogens with zero attached hydrogens (tertiary/aromatic N) is 1. The van der Waals surface area contributed by atoms with Gasteiger partial charge in [-0.25, -0.2) is 13.1 Å². The predicted octanol–water partition coefficient (Wildman–Crippen LogP) is 1.08. The van der Waals surface area contributed by atoms with Gasteiger partial charge in [0.15, 0.2) is 0 Å². The van der Waals surface area contributed by atoms with E-state index >= 15 is 0 Å². The van der Waals surface area contributed by atoms with Crippen molar-refractivity contribution in [2.75, 3.05) is 13.1 Å². The number of piperidine rings is 1. The quantitative estimate of drug-likeness (QED) is 0.759. The van der Waals surface area contributed by atoms with Crippen molar-refractivity contribution in [1.29, 1.82) is 0 Å². The smallest absolute Gasteiger partial charge is 0.244 e. The van der Waals surface area contributed by atoms with E-state index in [9.17, 15) is 8.42 Å². The monoisotopic (exact) mass is 300 g/mol. The molecule has 0 aromatic carbocycles. The minimum absolute atomic E-state index is 0.219. The van der Waals surface area contributed by atoms with E-state index in [0.717, 1.165) is 13.0 Å². The van der Waals surface area contributed by atoms with Crippen LogP contribution in [0.5, 0.6) is 0 Å². The Balaban J connectivity index is 2.06. The third-order valence-corrected chi connectivity index (χ3v) is 5.76. The van der Waals surface area contributed by atoms with E-state index in [4.69, 9.17) is 0 Å². The van der Waals surface area contributed by atoms with Crippen LogP contribution in [0.15, 0.2) is 4.90 Å². The number of rotatable bonds is 5. The number of aromatic amines is 1. The molecule has 0 radical (unpaired) electrons. The lowest BCUT2D eigenvalue weighted by atomic mass is 9.89. The van der Waals surface area contributed by atoms with Gasteiger partial charge in [0.25, 0.3) is 0 Å². The van der Waals surface area contributed by atoms with Gasteiger partial charge in [0, 0.05) is 12.6 Å². The van der Waals surface area contributed by atoms with Crippen LogP contribution in [0.2, 0.25) is 0 Å². The van der Waals surface area contributed by atoms with Gasteiger partial charge in [0.05, 0.1) is 11.4 Å². The van der Waals surface area contributed by atoms with Crippen LogP contribution in [-0.2, 0) is 10.0 Å². The Bertz CT molecular complexity index is 533. The molecule has 114 valence electrons. The molecule has 2 atom stereocenters. The van der Waals surface area contributed by atoms with Gasteiger partial charge in [0.2, 0.25) is 10.0 Å². The lowest BCUT2D eigenvalue weighted by Gasteiger charge is -2.32. The first-order valence-electron chi connectivity index (χ1n) is 7.20. The molecule has 0 amide bonds. The summed E-state index contributed by atoms with van der Waals surface area (Å²) in [5.41, 5.74) is 1.09. The molecule has 1 aliphatic rings. The van der Waals surface area contributed by atoms with Crippen LogP contribution in [0.4, 0.5) is 0 Å². The number of aryl methyl sites for hydroxylation is 2. The molecular formula is C13H24N4O2S. The highest BCUT2D eigenvalue weighted by Crippen LogP contribution is 2.21. The van der Waals surface area contributed by atoms with Gasteiger partial charge in [-0.3, -0.25) is 5.10 Å². The van der Waals surface area contributed by atoms with Gasteiger partial charge in [-0.15, -0.1) is 0 Å². The molecular weight excluding hydrogens is 276 g/mol. The highest BCUT2D eigenvalue weighted by atomic mass is 32.2. The fraction of sp³-hybridized carbons (Fsp3) is 0.769. The Labute approximate surface area is 120 Å². The predicted molar refractivity (Wildman–Crippen MR) is 78.1 cm³/mol. The summed E-state index contributed by atoms with van der Waals surface area (Å²) in [6.07, 6.45) is 3.41. The number of sulfonamides is 1. The summed E-state index contributed by atoms with van der Waals surface area (Å²) in [6, 6.07) is 0.219. The summed E-state index contributed by atoms with van der Waals surface area (Å²) < 4.78 is 27.5. The Kier molecular flexibility index (Phi) is 4.82. The summed E-state index contributed by atoms with van der Waals surface area (Å²) in [5.74, 6) is 0.540. The lowest BCUT2D eigenvalue weighted by molar-refractivity contribution is 0.273. The highest BCUT2D eigenvalue weighted by Gasteiger charge is 2.27. The van der Waals surface area contributed by atoms with Gasteiger partial charge >= 0.3 is 0 Å². The summed E-state index contributed by atoms with van der Waals surface area (Å²) >= 11 is 0. The maximum atomic E-state index is 12.4. The van der Waals surface area contributed by atoms with Crippen molar-refractivity contribution in [3.8, 4) is 0 Å². The van der Waals surface area contributed by atoms with E-state index in [0.29, 0.717) is 23.9 Å². The van der Waals surface area contributed by atoms with Gasteiger partial charge in [0.1, 0.15) is 4.90 Å². The Morgan fingerprint density at radius 2 is 2.15 bits per heavy atom. The Morgan fingerprint density at radius 1 is 1.40 bits per heavy atom. The largest absolute Gasteiger partial charge is 0.312 e. The molecule has 3 N–H and O–H groups in total. The van der Waals surface area contributed by atoms with E-state index < -0.39 is 10.0 Å². The molecule has 0 bridgehead atoms. The third-order valence-electron chi connectivity index (χ3n) is 4.07. The maximum absolute atomic E-state index is 12.4. The SMILES string of the molecule is CCC1CCCNC1CNS(=O)(=O)c1c(C)n[nH]c1C. The second-order valence-corrected chi connectivity index (χ2v) is 7.19. The molecule has 2 rings (SSSR count). The van der Waals surface area contributed by atoms with Crippen molar-refractivity contribution in [1.82, 2.24) is 20.2 Å². The number of hydrogen-bond donors (Lipinski definition) is 3. The zero-order valence-corrected chi connectivity index (χ0v) is 13.2. The van der Waals surface area contributed by atoms with E-state index in [2.05, 4.69) is 27.2 Å². The van der Waals surface area contributed by atoms with Crippen LogP contribution in [-0.4, -0.2) is 37.7 Å². The van der Waals surface area contributed by atoms with Crippen molar-refractivity contribution in [3.63, 3.8) is 0 Å². The molecule has 0 spiro atoms. The minimum atomic E-state index is -3.49. The number of aromatic nitrogens is 2. The molecule has 7 heteroatoms. The molecule has 1 aromatic rings. The van der Waals surface area contributed by atoms with Crippen molar-refractivity contribution in [2.24, 2.45) is 5.92 Å². The standard InChI is InChI=1S/C13H24N4O2S/c1-4-11-6-5-7-14-12(11)8-15-20(18,19)13-9(2)16-17-10(13)3/h11-12,14-15H,4-8H2,1-3H3,(H,16,17). The van der Waals surface area contributed by atoms with Crippen LogP contribution in [0.3, 0.4) is 0 Å². The average molecular weight is 300 g/mol.